The Labute approximate surface area is 268 Å². The lowest BCUT2D eigenvalue weighted by molar-refractivity contribution is 0.620. The van der Waals surface area contributed by atoms with Crippen LogP contribution in [0.25, 0.3) is 0 Å². The number of hydrogen-bond acceptors (Lipinski definition) is 2. The van der Waals surface area contributed by atoms with Crippen LogP contribution < -0.4 is 31.8 Å². The monoisotopic (exact) mass is 696 g/mol. The highest BCUT2D eigenvalue weighted by Gasteiger charge is 2.74. The van der Waals surface area contributed by atoms with Gasteiger partial charge in [-0.3, -0.25) is 0 Å². The van der Waals surface area contributed by atoms with Gasteiger partial charge in [-0.1, -0.05) is 0 Å². The average Bonchev–Trinajstić information content (AvgIpc) is 3.06. The van der Waals surface area contributed by atoms with Crippen molar-refractivity contribution in [1.29, 1.82) is 0 Å². The number of halogens is 6. The van der Waals surface area contributed by atoms with Gasteiger partial charge in [-0.2, -0.15) is 8.42 Å². The summed E-state index contributed by atoms with van der Waals surface area (Å²) in [5.41, 5.74) is 0. The molecule has 0 radical (unpaired) electrons. The van der Waals surface area contributed by atoms with E-state index >= 15 is 8.42 Å². The predicted molar refractivity (Wildman–Crippen MR) is 179 cm³/mol. The lowest BCUT2D eigenvalue weighted by atomic mass is 10.3. The van der Waals surface area contributed by atoms with Crippen molar-refractivity contribution < 1.29 is 34.8 Å². The molecule has 0 bridgehead atoms. The van der Waals surface area contributed by atoms with Crippen molar-refractivity contribution in [1.82, 2.24) is 0 Å². The van der Waals surface area contributed by atoms with E-state index < -0.39 is 56.9 Å². The Bertz CT molecular complexity index is 1750. The van der Waals surface area contributed by atoms with Crippen LogP contribution in [-0.4, -0.2) is 8.42 Å². The molecule has 0 heterocycles. The van der Waals surface area contributed by atoms with E-state index in [9.17, 15) is 26.3 Å². The largest absolute Gasteiger partial charge is 0.390 e. The quantitative estimate of drug-likeness (QED) is 0.126. The summed E-state index contributed by atoms with van der Waals surface area (Å²) in [6, 6.07) is 29.0. The summed E-state index contributed by atoms with van der Waals surface area (Å²) in [5, 5.41) is 0.793. The molecule has 0 aliphatic rings. The molecule has 0 amide bonds. The third-order valence-corrected chi connectivity index (χ3v) is 27.7. The van der Waals surface area contributed by atoms with Crippen molar-refractivity contribution in [2.45, 2.75) is 0 Å². The van der Waals surface area contributed by atoms with E-state index in [4.69, 9.17) is 0 Å². The molecule has 2 nitrogen and oxygen atoms in total. The molecule has 0 saturated heterocycles. The highest BCUT2D eigenvalue weighted by Crippen LogP contribution is 2.79. The highest BCUT2D eigenvalue weighted by atomic mass is 33.1. The normalized spacial score (nSPS) is 12.2. The maximum Gasteiger partial charge on any atom is 0.390 e. The molecule has 0 aliphatic carbocycles. The fraction of sp³-hybridized carbons (Fsp3) is 0. The van der Waals surface area contributed by atoms with Crippen LogP contribution in [0.2, 0.25) is 0 Å². The Balaban J connectivity index is 1.90. The molecule has 0 spiro atoms. The van der Waals surface area contributed by atoms with Crippen molar-refractivity contribution in [2.75, 3.05) is 0 Å². The molecule has 0 unspecified atom stereocenters. The zero-order chi connectivity index (χ0) is 33.4. The van der Waals surface area contributed by atoms with Crippen LogP contribution >= 0.6 is 12.9 Å². The first-order valence-electron chi connectivity index (χ1n) is 14.1. The minimum atomic E-state index is -4.89. The van der Waals surface area contributed by atoms with Crippen LogP contribution in [0.15, 0.2) is 146 Å². The van der Waals surface area contributed by atoms with Crippen molar-refractivity contribution >= 4 is 53.8 Å². The van der Waals surface area contributed by atoms with Gasteiger partial charge in [0.15, 0.2) is 0 Å². The molecule has 0 N–H and O–H groups in total. The predicted octanol–water partition coefficient (Wildman–Crippen LogP) is 7.05. The third-order valence-electron chi connectivity index (χ3n) is 7.83. The molecule has 0 saturated carbocycles. The fourth-order valence-electron chi connectivity index (χ4n) is 5.78. The maximum absolute atomic E-state index is 16.5. The third kappa shape index (κ3) is 5.46. The molecule has 236 valence electrons. The minimum Gasteiger partial charge on any atom is -0.207 e. The molecule has 11 heteroatoms. The van der Waals surface area contributed by atoms with Gasteiger partial charge in [-0.05, 0) is 146 Å². The van der Waals surface area contributed by atoms with Crippen LogP contribution in [0, 0.1) is 34.9 Å². The summed E-state index contributed by atoms with van der Waals surface area (Å²) in [4.78, 5) is 0. The van der Waals surface area contributed by atoms with E-state index in [0.717, 1.165) is 72.8 Å². The van der Waals surface area contributed by atoms with Gasteiger partial charge >= 0.3 is 9.08 Å². The van der Waals surface area contributed by atoms with Gasteiger partial charge in [0.1, 0.15) is 66.7 Å². The second-order valence-electron chi connectivity index (χ2n) is 10.5. The summed E-state index contributed by atoms with van der Waals surface area (Å²) in [7, 11) is -4.89. The molecular weight excluding hydrogens is 672 g/mol. The van der Waals surface area contributed by atoms with Crippen LogP contribution in [-0.2, 0) is 9.08 Å². The van der Waals surface area contributed by atoms with E-state index in [1.54, 1.807) is 0 Å². The summed E-state index contributed by atoms with van der Waals surface area (Å²) in [6.07, 6.45) is 0. The van der Waals surface area contributed by atoms with Gasteiger partial charge in [0.2, 0.25) is 0 Å². The molecule has 0 atom stereocenters. The zero-order valence-corrected chi connectivity index (χ0v) is 26.8. The lowest BCUT2D eigenvalue weighted by Crippen LogP contribution is -2.44. The van der Waals surface area contributed by atoms with Gasteiger partial charge in [0.05, 0.1) is 0 Å². The van der Waals surface area contributed by atoms with Crippen LogP contribution in [0.1, 0.15) is 0 Å². The van der Waals surface area contributed by atoms with E-state index in [0.29, 0.717) is 0 Å². The van der Waals surface area contributed by atoms with E-state index in [1.807, 2.05) is 0 Å². The van der Waals surface area contributed by atoms with Crippen LogP contribution in [0.5, 0.6) is 0 Å². The summed E-state index contributed by atoms with van der Waals surface area (Å²) < 4.78 is 120. The minimum absolute atomic E-state index is 0.132. The zero-order valence-electron chi connectivity index (χ0n) is 24.2. The molecule has 0 aliphatic heterocycles. The van der Waals surface area contributed by atoms with Gasteiger partial charge in [-0.15, -0.1) is 0 Å². The van der Waals surface area contributed by atoms with Gasteiger partial charge < -0.3 is 0 Å². The van der Waals surface area contributed by atoms with Gasteiger partial charge in [0.25, 0.3) is 12.9 Å². The number of benzene rings is 6. The Morgan fingerprint density at radius 1 is 0.277 bits per heavy atom. The topological polar surface area (TPSA) is 34.1 Å². The van der Waals surface area contributed by atoms with E-state index in [-0.39, 0.29) is 31.8 Å². The summed E-state index contributed by atoms with van der Waals surface area (Å²) in [5.74, 6) is -3.92. The Kier molecular flexibility index (Phi) is 8.84. The molecule has 0 fully saturated rings. The molecule has 47 heavy (non-hydrogen) atoms. The highest BCUT2D eigenvalue weighted by molar-refractivity contribution is 8.94. The molecular formula is C36H24F6O2P2S+2. The molecule has 6 aromatic carbocycles. The van der Waals surface area contributed by atoms with Crippen molar-refractivity contribution in [3.63, 3.8) is 0 Å². The van der Waals surface area contributed by atoms with Crippen LogP contribution in [0.4, 0.5) is 26.3 Å². The number of rotatable bonds is 8. The molecule has 6 rings (SSSR count). The number of hydrogen-bond donors (Lipinski definition) is 0. The molecule has 0 aromatic heterocycles. The summed E-state index contributed by atoms with van der Waals surface area (Å²) in [6.45, 7) is -8.46. The SMILES string of the molecule is O=S(=O)([P+](c1ccc(F)cc1)(c1ccc(F)cc1)c1ccc(F)cc1)[P+](c1ccc(F)cc1)(c1ccc(F)cc1)c1ccc(F)cc1. The van der Waals surface area contributed by atoms with Gasteiger partial charge in [-0.25, -0.2) is 26.3 Å². The van der Waals surface area contributed by atoms with Crippen molar-refractivity contribution in [3.8, 4) is 0 Å². The van der Waals surface area contributed by atoms with Gasteiger partial charge in [0, 0.05) is 0 Å². The van der Waals surface area contributed by atoms with Crippen molar-refractivity contribution in [2.24, 2.45) is 0 Å². The maximum atomic E-state index is 16.5. The second kappa shape index (κ2) is 12.7. The fourth-order valence-corrected chi connectivity index (χ4v) is 29.4. The second-order valence-corrected chi connectivity index (χ2v) is 24.0. The first-order chi connectivity index (χ1) is 22.5. The van der Waals surface area contributed by atoms with Crippen molar-refractivity contribution in [3.05, 3.63) is 180 Å². The first-order valence-corrected chi connectivity index (χ1v) is 20.4. The first kappa shape index (κ1) is 32.6. The van der Waals surface area contributed by atoms with Crippen LogP contribution in [0.3, 0.4) is 0 Å². The average molecular weight is 697 g/mol. The standard InChI is InChI=1S/C36H24F6O2P2S/c37-25-1-13-31(14-2-25)45(32-15-3-26(38)4-16-32,33-17-5-27(39)6-18-33)47(43,44)46(34-19-7-28(40)8-20-34,35-21-9-29(41)10-22-35)36-23-11-30(42)12-24-36/h1-24H/q+2. The summed E-state index contributed by atoms with van der Waals surface area (Å²) >= 11 is 0. The smallest absolute Gasteiger partial charge is 0.207 e. The molecule has 6 aromatic rings. The van der Waals surface area contributed by atoms with E-state index in [1.165, 1.54) is 72.8 Å². The Morgan fingerprint density at radius 2 is 0.404 bits per heavy atom. The van der Waals surface area contributed by atoms with E-state index in [2.05, 4.69) is 0 Å². The Hall–Kier alpha value is -4.29. The Morgan fingerprint density at radius 3 is 0.532 bits per heavy atom. The lowest BCUT2D eigenvalue weighted by Gasteiger charge is -2.33.